The van der Waals surface area contributed by atoms with Crippen LogP contribution < -0.4 is 15.4 Å². The van der Waals surface area contributed by atoms with Crippen molar-refractivity contribution < 1.29 is 9.53 Å². The molecule has 2 aromatic carbocycles. The predicted octanol–water partition coefficient (Wildman–Crippen LogP) is 4.34. The van der Waals surface area contributed by atoms with Crippen molar-refractivity contribution in [3.8, 4) is 5.75 Å². The first kappa shape index (κ1) is 17.9. The maximum atomic E-state index is 11.9. The molecule has 0 aliphatic heterocycles. The summed E-state index contributed by atoms with van der Waals surface area (Å²) >= 11 is 0. The van der Waals surface area contributed by atoms with Crippen molar-refractivity contribution in [2.75, 3.05) is 0 Å². The van der Waals surface area contributed by atoms with E-state index >= 15 is 0 Å². The number of carbonyl (C=O) groups excluding carboxylic acids is 1. The molecule has 0 bridgehead atoms. The fourth-order valence-electron chi connectivity index (χ4n) is 2.29. The number of hydrogen-bond acceptors (Lipinski definition) is 2. The SMILES string of the molecule is Cc1ccc(CNC(=O)NC(C)Oc2ccc(C(C)C)cc2)cc1. The van der Waals surface area contributed by atoms with E-state index in [1.165, 1.54) is 11.1 Å². The van der Waals surface area contributed by atoms with Gasteiger partial charge in [0.2, 0.25) is 0 Å². The number of benzene rings is 2. The minimum Gasteiger partial charge on any atom is -0.471 e. The normalized spacial score (nSPS) is 11.9. The van der Waals surface area contributed by atoms with E-state index in [1.807, 2.05) is 62.4 Å². The van der Waals surface area contributed by atoms with Crippen LogP contribution in [0.25, 0.3) is 0 Å². The second-order valence-electron chi connectivity index (χ2n) is 6.30. The highest BCUT2D eigenvalue weighted by molar-refractivity contribution is 5.74. The summed E-state index contributed by atoms with van der Waals surface area (Å²) in [6.45, 7) is 8.64. The van der Waals surface area contributed by atoms with Gasteiger partial charge in [0.1, 0.15) is 5.75 Å². The van der Waals surface area contributed by atoms with Gasteiger partial charge in [0.15, 0.2) is 6.23 Å². The van der Waals surface area contributed by atoms with Crippen molar-refractivity contribution in [2.24, 2.45) is 0 Å². The zero-order valence-electron chi connectivity index (χ0n) is 14.8. The van der Waals surface area contributed by atoms with E-state index in [1.54, 1.807) is 0 Å². The van der Waals surface area contributed by atoms with Crippen molar-refractivity contribution in [2.45, 2.75) is 46.4 Å². The summed E-state index contributed by atoms with van der Waals surface area (Å²) < 4.78 is 5.72. The summed E-state index contributed by atoms with van der Waals surface area (Å²) in [5.41, 5.74) is 3.53. The van der Waals surface area contributed by atoms with Gasteiger partial charge in [-0.3, -0.25) is 0 Å². The molecule has 24 heavy (non-hydrogen) atoms. The average molecular weight is 326 g/mol. The van der Waals surface area contributed by atoms with Gasteiger partial charge < -0.3 is 15.4 Å². The lowest BCUT2D eigenvalue weighted by atomic mass is 10.0. The first-order chi connectivity index (χ1) is 11.4. The van der Waals surface area contributed by atoms with Crippen molar-refractivity contribution in [3.05, 3.63) is 65.2 Å². The Balaban J connectivity index is 1.77. The molecule has 0 aliphatic rings. The number of ether oxygens (including phenoxy) is 1. The molecule has 1 unspecified atom stereocenters. The maximum Gasteiger partial charge on any atom is 0.317 e. The molecule has 0 spiro atoms. The fraction of sp³-hybridized carbons (Fsp3) is 0.350. The molecule has 2 N–H and O–H groups in total. The Hall–Kier alpha value is -2.49. The van der Waals surface area contributed by atoms with E-state index in [-0.39, 0.29) is 6.03 Å². The van der Waals surface area contributed by atoms with Gasteiger partial charge in [0, 0.05) is 6.54 Å². The summed E-state index contributed by atoms with van der Waals surface area (Å²) in [4.78, 5) is 11.9. The molecule has 2 aromatic rings. The zero-order valence-corrected chi connectivity index (χ0v) is 14.8. The molecule has 4 nitrogen and oxygen atoms in total. The molecule has 0 aliphatic carbocycles. The average Bonchev–Trinajstić information content (AvgIpc) is 2.54. The smallest absolute Gasteiger partial charge is 0.317 e. The van der Waals surface area contributed by atoms with Gasteiger partial charge in [-0.25, -0.2) is 4.79 Å². The lowest BCUT2D eigenvalue weighted by molar-refractivity contribution is 0.177. The van der Waals surface area contributed by atoms with E-state index in [0.717, 1.165) is 11.3 Å². The van der Waals surface area contributed by atoms with E-state index in [9.17, 15) is 4.79 Å². The highest BCUT2D eigenvalue weighted by Crippen LogP contribution is 2.19. The molecular formula is C20H26N2O2. The highest BCUT2D eigenvalue weighted by Gasteiger charge is 2.08. The monoisotopic (exact) mass is 326 g/mol. The molecule has 0 fully saturated rings. The van der Waals surface area contributed by atoms with E-state index < -0.39 is 6.23 Å². The van der Waals surface area contributed by atoms with Crippen LogP contribution in [0.3, 0.4) is 0 Å². The van der Waals surface area contributed by atoms with E-state index in [0.29, 0.717) is 12.5 Å². The van der Waals surface area contributed by atoms with Gasteiger partial charge in [-0.15, -0.1) is 0 Å². The van der Waals surface area contributed by atoms with E-state index in [4.69, 9.17) is 4.74 Å². The summed E-state index contributed by atoms with van der Waals surface area (Å²) in [6, 6.07) is 15.8. The zero-order chi connectivity index (χ0) is 17.5. The van der Waals surface area contributed by atoms with Crippen LogP contribution in [-0.4, -0.2) is 12.3 Å². The topological polar surface area (TPSA) is 50.4 Å². The van der Waals surface area contributed by atoms with Crippen molar-refractivity contribution in [1.82, 2.24) is 10.6 Å². The second-order valence-corrected chi connectivity index (χ2v) is 6.30. The number of aryl methyl sites for hydroxylation is 1. The van der Waals surface area contributed by atoms with Crippen LogP contribution in [0.2, 0.25) is 0 Å². The number of carbonyl (C=O) groups is 1. The van der Waals surface area contributed by atoms with Gasteiger partial charge in [-0.1, -0.05) is 55.8 Å². The summed E-state index contributed by atoms with van der Waals surface area (Å²) in [7, 11) is 0. The minimum atomic E-state index is -0.409. The molecular weight excluding hydrogens is 300 g/mol. The number of rotatable bonds is 6. The Morgan fingerprint density at radius 1 is 1.00 bits per heavy atom. The summed E-state index contributed by atoms with van der Waals surface area (Å²) in [5, 5.41) is 5.60. The van der Waals surface area contributed by atoms with E-state index in [2.05, 4.69) is 24.5 Å². The van der Waals surface area contributed by atoms with Gasteiger partial charge in [0.05, 0.1) is 0 Å². The predicted molar refractivity (Wildman–Crippen MR) is 97.2 cm³/mol. The number of nitrogens with one attached hydrogen (secondary N) is 2. The molecule has 0 aromatic heterocycles. The van der Waals surface area contributed by atoms with Crippen LogP contribution in [0.15, 0.2) is 48.5 Å². The minimum absolute atomic E-state index is 0.248. The van der Waals surface area contributed by atoms with Crippen LogP contribution in [0.1, 0.15) is 43.4 Å². The lowest BCUT2D eigenvalue weighted by Gasteiger charge is -2.17. The van der Waals surface area contributed by atoms with Crippen LogP contribution in [0.5, 0.6) is 5.75 Å². The largest absolute Gasteiger partial charge is 0.471 e. The Kier molecular flexibility index (Phi) is 6.24. The second kappa shape index (κ2) is 8.39. The van der Waals surface area contributed by atoms with Gasteiger partial charge in [-0.2, -0.15) is 0 Å². The third-order valence-corrected chi connectivity index (χ3v) is 3.77. The van der Waals surface area contributed by atoms with Crippen molar-refractivity contribution >= 4 is 6.03 Å². The maximum absolute atomic E-state index is 11.9. The van der Waals surface area contributed by atoms with Gasteiger partial charge >= 0.3 is 6.03 Å². The van der Waals surface area contributed by atoms with Crippen molar-refractivity contribution in [3.63, 3.8) is 0 Å². The number of hydrogen-bond donors (Lipinski definition) is 2. The number of urea groups is 1. The Morgan fingerprint density at radius 2 is 1.62 bits per heavy atom. The molecule has 0 saturated carbocycles. The first-order valence-corrected chi connectivity index (χ1v) is 8.30. The molecule has 2 rings (SSSR count). The molecule has 0 heterocycles. The molecule has 1 atom stereocenters. The molecule has 4 heteroatoms. The molecule has 128 valence electrons. The molecule has 0 saturated heterocycles. The quantitative estimate of drug-likeness (QED) is 0.776. The van der Waals surface area contributed by atoms with Crippen LogP contribution in [0.4, 0.5) is 4.79 Å². The summed E-state index contributed by atoms with van der Waals surface area (Å²) in [6.07, 6.45) is -0.409. The summed E-state index contributed by atoms with van der Waals surface area (Å²) in [5.74, 6) is 1.23. The lowest BCUT2D eigenvalue weighted by Crippen LogP contribution is -2.43. The number of amides is 2. The van der Waals surface area contributed by atoms with Crippen LogP contribution in [-0.2, 0) is 6.54 Å². The van der Waals surface area contributed by atoms with Crippen molar-refractivity contribution in [1.29, 1.82) is 0 Å². The fourth-order valence-corrected chi connectivity index (χ4v) is 2.29. The van der Waals surface area contributed by atoms with Gasteiger partial charge in [0.25, 0.3) is 0 Å². The standard InChI is InChI=1S/C20H26N2O2/c1-14(2)18-9-11-19(12-10-18)24-16(4)22-20(23)21-13-17-7-5-15(3)6-8-17/h5-12,14,16H,13H2,1-4H3,(H2,21,22,23). The third kappa shape index (κ3) is 5.61. The van der Waals surface area contributed by atoms with Crippen LogP contribution in [0, 0.1) is 6.92 Å². The Bertz CT molecular complexity index is 648. The Morgan fingerprint density at radius 3 is 2.21 bits per heavy atom. The molecule has 2 amide bonds. The molecule has 0 radical (unpaired) electrons. The van der Waals surface area contributed by atoms with Crippen LogP contribution >= 0.6 is 0 Å². The van der Waals surface area contributed by atoms with Gasteiger partial charge in [-0.05, 0) is 43.0 Å². The third-order valence-electron chi connectivity index (χ3n) is 3.77. The first-order valence-electron chi connectivity index (χ1n) is 8.30. The highest BCUT2D eigenvalue weighted by atomic mass is 16.5. The Labute approximate surface area is 144 Å².